The molecule has 176 valence electrons. The summed E-state index contributed by atoms with van der Waals surface area (Å²) in [6, 6.07) is 15.7. The summed E-state index contributed by atoms with van der Waals surface area (Å²) >= 11 is 6.55. The fraction of sp³-hybridized carbons (Fsp3) is 0.400. The summed E-state index contributed by atoms with van der Waals surface area (Å²) in [7, 11) is -3.31. The molecule has 1 aliphatic rings. The van der Waals surface area contributed by atoms with Gasteiger partial charge in [0.1, 0.15) is 0 Å². The molecule has 0 spiro atoms. The van der Waals surface area contributed by atoms with Gasteiger partial charge >= 0.3 is 0 Å². The number of H-pyrrole nitrogens is 1. The molecule has 1 saturated heterocycles. The second-order valence-corrected chi connectivity index (χ2v) is 11.1. The molecule has 2 atom stereocenters. The van der Waals surface area contributed by atoms with Crippen LogP contribution < -0.4 is 5.32 Å². The van der Waals surface area contributed by atoms with E-state index in [0.717, 1.165) is 22.0 Å². The van der Waals surface area contributed by atoms with Crippen LogP contribution in [0.15, 0.2) is 54.7 Å². The number of halogens is 1. The number of para-hydroxylation sites is 1. The maximum atomic E-state index is 13.1. The Kier molecular flexibility index (Phi) is 7.41. The molecule has 0 saturated carbocycles. The summed E-state index contributed by atoms with van der Waals surface area (Å²) in [5, 5.41) is 4.84. The summed E-state index contributed by atoms with van der Waals surface area (Å²) in [4.78, 5) is 16.4. The Morgan fingerprint density at radius 1 is 1.18 bits per heavy atom. The first-order valence-electron chi connectivity index (χ1n) is 11.5. The SMILES string of the molecule is CCCS(=O)(=O)N1CCCC(C(=O)NCC(c2ccccc2Cl)c2c[nH]c3ccccc23)C1. The summed E-state index contributed by atoms with van der Waals surface area (Å²) < 4.78 is 26.5. The molecule has 1 aromatic heterocycles. The van der Waals surface area contributed by atoms with E-state index in [1.807, 2.05) is 55.6 Å². The van der Waals surface area contributed by atoms with Crippen LogP contribution in [0.25, 0.3) is 10.9 Å². The van der Waals surface area contributed by atoms with E-state index < -0.39 is 10.0 Å². The first-order valence-corrected chi connectivity index (χ1v) is 13.5. The van der Waals surface area contributed by atoms with Gasteiger partial charge < -0.3 is 10.3 Å². The highest BCUT2D eigenvalue weighted by atomic mass is 35.5. The van der Waals surface area contributed by atoms with Crippen LogP contribution in [0.1, 0.15) is 43.2 Å². The molecule has 3 aromatic rings. The average Bonchev–Trinajstić information content (AvgIpc) is 3.24. The van der Waals surface area contributed by atoms with Crippen LogP contribution >= 0.6 is 11.6 Å². The Bertz CT molecular complexity index is 1220. The fourth-order valence-corrected chi connectivity index (χ4v) is 6.53. The predicted octanol–water partition coefficient (Wildman–Crippen LogP) is 4.52. The number of amides is 1. The van der Waals surface area contributed by atoms with E-state index >= 15 is 0 Å². The van der Waals surface area contributed by atoms with Gasteiger partial charge in [-0.1, -0.05) is 54.9 Å². The Morgan fingerprint density at radius 3 is 2.73 bits per heavy atom. The lowest BCUT2D eigenvalue weighted by Gasteiger charge is -2.31. The lowest BCUT2D eigenvalue weighted by atomic mass is 9.90. The molecule has 1 fully saturated rings. The number of fused-ring (bicyclic) bond motifs is 1. The van der Waals surface area contributed by atoms with E-state index in [4.69, 9.17) is 11.6 Å². The molecule has 0 bridgehead atoms. The lowest BCUT2D eigenvalue weighted by Crippen LogP contribution is -2.46. The van der Waals surface area contributed by atoms with Crippen molar-refractivity contribution in [3.8, 4) is 0 Å². The summed E-state index contributed by atoms with van der Waals surface area (Å²) in [5.74, 6) is -0.470. The van der Waals surface area contributed by atoms with Crippen LogP contribution in [0.2, 0.25) is 5.02 Å². The zero-order valence-corrected chi connectivity index (χ0v) is 20.3. The quantitative estimate of drug-likeness (QED) is 0.490. The molecule has 4 rings (SSSR count). The number of hydrogen-bond donors (Lipinski definition) is 2. The van der Waals surface area contributed by atoms with Gasteiger partial charge in [-0.25, -0.2) is 12.7 Å². The van der Waals surface area contributed by atoms with Crippen molar-refractivity contribution in [2.24, 2.45) is 5.92 Å². The molecule has 2 aromatic carbocycles. The highest BCUT2D eigenvalue weighted by molar-refractivity contribution is 7.89. The smallest absolute Gasteiger partial charge is 0.224 e. The number of carbonyl (C=O) groups is 1. The molecular weight excluding hydrogens is 458 g/mol. The van der Waals surface area contributed by atoms with Gasteiger partial charge in [0, 0.05) is 47.7 Å². The number of nitrogens with zero attached hydrogens (tertiary/aromatic N) is 1. The number of sulfonamides is 1. The van der Waals surface area contributed by atoms with Gasteiger partial charge in [-0.3, -0.25) is 4.79 Å². The maximum absolute atomic E-state index is 13.1. The minimum atomic E-state index is -3.31. The van der Waals surface area contributed by atoms with Gasteiger partial charge in [-0.05, 0) is 42.5 Å². The van der Waals surface area contributed by atoms with Crippen LogP contribution in [-0.2, 0) is 14.8 Å². The van der Waals surface area contributed by atoms with E-state index in [2.05, 4.69) is 16.4 Å². The number of hydrogen-bond acceptors (Lipinski definition) is 3. The van der Waals surface area contributed by atoms with Gasteiger partial charge in [0.15, 0.2) is 0 Å². The van der Waals surface area contributed by atoms with Crippen LogP contribution in [0.5, 0.6) is 0 Å². The molecule has 2 N–H and O–H groups in total. The van der Waals surface area contributed by atoms with Crippen LogP contribution in [0.4, 0.5) is 0 Å². The molecule has 2 unspecified atom stereocenters. The molecule has 33 heavy (non-hydrogen) atoms. The summed E-state index contributed by atoms with van der Waals surface area (Å²) in [5.41, 5.74) is 3.04. The van der Waals surface area contributed by atoms with Crippen molar-refractivity contribution in [1.29, 1.82) is 0 Å². The molecule has 1 aliphatic heterocycles. The molecule has 0 aliphatic carbocycles. The Balaban J connectivity index is 1.54. The van der Waals surface area contributed by atoms with Crippen molar-refractivity contribution in [3.05, 3.63) is 70.9 Å². The molecule has 0 radical (unpaired) electrons. The number of nitrogens with one attached hydrogen (secondary N) is 2. The topological polar surface area (TPSA) is 82.3 Å². The zero-order chi connectivity index (χ0) is 23.4. The van der Waals surface area contributed by atoms with Crippen molar-refractivity contribution < 1.29 is 13.2 Å². The number of piperidine rings is 1. The second kappa shape index (κ2) is 10.3. The highest BCUT2D eigenvalue weighted by Crippen LogP contribution is 2.34. The zero-order valence-electron chi connectivity index (χ0n) is 18.8. The molecule has 6 nitrogen and oxygen atoms in total. The van der Waals surface area contributed by atoms with Crippen LogP contribution in [0, 0.1) is 5.92 Å². The van der Waals surface area contributed by atoms with Crippen molar-refractivity contribution >= 4 is 38.4 Å². The normalized spacial score (nSPS) is 18.3. The Hall–Kier alpha value is -2.35. The molecule has 1 amide bonds. The third-order valence-corrected chi connectivity index (χ3v) is 8.75. The van der Waals surface area contributed by atoms with Crippen molar-refractivity contribution in [2.75, 3.05) is 25.4 Å². The first-order chi connectivity index (χ1) is 15.9. The van der Waals surface area contributed by atoms with Crippen LogP contribution in [-0.4, -0.2) is 49.0 Å². The predicted molar refractivity (Wildman–Crippen MR) is 133 cm³/mol. The average molecular weight is 488 g/mol. The van der Waals surface area contributed by atoms with Crippen molar-refractivity contribution in [3.63, 3.8) is 0 Å². The minimum Gasteiger partial charge on any atom is -0.361 e. The van der Waals surface area contributed by atoms with Gasteiger partial charge in [-0.15, -0.1) is 0 Å². The largest absolute Gasteiger partial charge is 0.361 e. The second-order valence-electron chi connectivity index (χ2n) is 8.62. The van der Waals surface area contributed by atoms with E-state index in [1.165, 1.54) is 4.31 Å². The fourth-order valence-electron chi connectivity index (χ4n) is 4.67. The first kappa shape index (κ1) is 23.8. The molecule has 8 heteroatoms. The Labute approximate surface area is 200 Å². The van der Waals surface area contributed by atoms with Gasteiger partial charge in [0.05, 0.1) is 11.7 Å². The van der Waals surface area contributed by atoms with Crippen molar-refractivity contribution in [1.82, 2.24) is 14.6 Å². The van der Waals surface area contributed by atoms with Crippen LogP contribution in [0.3, 0.4) is 0 Å². The van der Waals surface area contributed by atoms with Gasteiger partial charge in [0.25, 0.3) is 0 Å². The standard InChI is InChI=1S/C25H30ClN3O3S/c1-2-14-33(31,32)29-13-7-8-18(17-29)25(30)28-16-21(19-9-3-5-11-23(19)26)22-15-27-24-12-6-4-10-20(22)24/h3-6,9-12,15,18,21,27H,2,7-8,13-14,16-17H2,1H3,(H,28,30). The monoisotopic (exact) mass is 487 g/mol. The van der Waals surface area contributed by atoms with E-state index in [1.54, 1.807) is 0 Å². The van der Waals surface area contributed by atoms with Crippen molar-refractivity contribution in [2.45, 2.75) is 32.1 Å². The number of aromatic amines is 1. The van der Waals surface area contributed by atoms with E-state index in [9.17, 15) is 13.2 Å². The third kappa shape index (κ3) is 5.26. The van der Waals surface area contributed by atoms with E-state index in [-0.39, 0.29) is 30.0 Å². The summed E-state index contributed by atoms with van der Waals surface area (Å²) in [6.45, 7) is 2.97. The molecular formula is C25H30ClN3O3S. The summed E-state index contributed by atoms with van der Waals surface area (Å²) in [6.07, 6.45) is 3.93. The number of benzene rings is 2. The maximum Gasteiger partial charge on any atom is 0.224 e. The third-order valence-electron chi connectivity index (χ3n) is 6.37. The number of rotatable bonds is 8. The van der Waals surface area contributed by atoms with E-state index in [0.29, 0.717) is 37.4 Å². The number of carbonyl (C=O) groups excluding carboxylic acids is 1. The van der Waals surface area contributed by atoms with Gasteiger partial charge in [0.2, 0.25) is 15.9 Å². The lowest BCUT2D eigenvalue weighted by molar-refractivity contribution is -0.126. The Morgan fingerprint density at radius 2 is 1.94 bits per heavy atom. The molecule has 2 heterocycles. The number of aromatic nitrogens is 1. The van der Waals surface area contributed by atoms with Gasteiger partial charge in [-0.2, -0.15) is 0 Å². The minimum absolute atomic E-state index is 0.108. The highest BCUT2D eigenvalue weighted by Gasteiger charge is 2.32.